The van der Waals surface area contributed by atoms with E-state index in [4.69, 9.17) is 11.6 Å². The average Bonchev–Trinajstić information content (AvgIpc) is 2.93. The third-order valence-corrected chi connectivity index (χ3v) is 3.60. The second-order valence-electron chi connectivity index (χ2n) is 3.65. The lowest BCUT2D eigenvalue weighted by Gasteiger charge is -2.12. The van der Waals surface area contributed by atoms with Crippen LogP contribution < -0.4 is 0 Å². The molecule has 0 N–H and O–H groups in total. The molecule has 0 aliphatic heterocycles. The molecule has 2 rings (SSSR count). The van der Waals surface area contributed by atoms with E-state index in [9.17, 15) is 0 Å². The Bertz CT molecular complexity index is 277. The summed E-state index contributed by atoms with van der Waals surface area (Å²) >= 11 is 9.42. The molecule has 0 spiro atoms. The summed E-state index contributed by atoms with van der Waals surface area (Å²) in [6.45, 7) is 0. The molecule has 13 heavy (non-hydrogen) atoms. The topological polar surface area (TPSA) is 0 Å². The molecule has 1 unspecified atom stereocenters. The van der Waals surface area contributed by atoms with E-state index >= 15 is 0 Å². The van der Waals surface area contributed by atoms with Crippen molar-refractivity contribution in [1.82, 2.24) is 0 Å². The first-order chi connectivity index (χ1) is 6.31. The monoisotopic (exact) mass is 258 g/mol. The second kappa shape index (κ2) is 4.02. The summed E-state index contributed by atoms with van der Waals surface area (Å²) in [6, 6.07) is 8.25. The van der Waals surface area contributed by atoms with Crippen LogP contribution >= 0.6 is 27.5 Å². The van der Waals surface area contributed by atoms with Gasteiger partial charge in [-0.2, -0.15) is 0 Å². The molecule has 0 aromatic heterocycles. The highest BCUT2D eigenvalue weighted by molar-refractivity contribution is 9.09. The van der Waals surface area contributed by atoms with Crippen molar-refractivity contribution in [1.29, 1.82) is 0 Å². The second-order valence-corrected chi connectivity index (χ2v) is 4.73. The van der Waals surface area contributed by atoms with Crippen LogP contribution in [0.3, 0.4) is 0 Å². The normalized spacial score (nSPS) is 18.6. The Labute approximate surface area is 92.4 Å². The zero-order valence-corrected chi connectivity index (χ0v) is 9.68. The molecule has 1 aromatic rings. The molecule has 0 bridgehead atoms. The molecule has 70 valence electrons. The average molecular weight is 260 g/mol. The van der Waals surface area contributed by atoms with E-state index in [2.05, 4.69) is 28.1 Å². The lowest BCUT2D eigenvalue weighted by Crippen LogP contribution is -2.01. The summed E-state index contributed by atoms with van der Waals surface area (Å²) in [4.78, 5) is 0. The lowest BCUT2D eigenvalue weighted by molar-refractivity contribution is 0.677. The summed E-state index contributed by atoms with van der Waals surface area (Å²) in [7, 11) is 0. The fourth-order valence-electron chi connectivity index (χ4n) is 1.70. The Morgan fingerprint density at radius 3 is 2.38 bits per heavy atom. The van der Waals surface area contributed by atoms with Crippen molar-refractivity contribution >= 4 is 27.5 Å². The van der Waals surface area contributed by atoms with Crippen LogP contribution in [0, 0.1) is 5.92 Å². The van der Waals surface area contributed by atoms with E-state index in [-0.39, 0.29) is 0 Å². The van der Waals surface area contributed by atoms with Gasteiger partial charge in [-0.3, -0.25) is 0 Å². The summed E-state index contributed by atoms with van der Waals surface area (Å²) in [6.07, 6.45) is 2.78. The van der Waals surface area contributed by atoms with E-state index in [1.807, 2.05) is 12.1 Å². The van der Waals surface area contributed by atoms with E-state index in [1.54, 1.807) is 0 Å². The highest BCUT2D eigenvalue weighted by Gasteiger charge is 2.31. The van der Waals surface area contributed by atoms with Gasteiger partial charge < -0.3 is 0 Å². The van der Waals surface area contributed by atoms with Crippen LogP contribution in [0.5, 0.6) is 0 Å². The van der Waals surface area contributed by atoms with Gasteiger partial charge in [0, 0.05) is 10.4 Å². The minimum Gasteiger partial charge on any atom is -0.0921 e. The van der Waals surface area contributed by atoms with Crippen LogP contribution in [0.2, 0.25) is 5.02 Å². The zero-order valence-electron chi connectivity index (χ0n) is 7.34. The molecule has 2 heteroatoms. The molecule has 1 aliphatic rings. The molecule has 0 saturated heterocycles. The van der Waals surface area contributed by atoms with Crippen LogP contribution in [0.4, 0.5) is 0 Å². The van der Waals surface area contributed by atoms with E-state index in [0.29, 0.717) is 5.92 Å². The maximum absolute atomic E-state index is 5.84. The molecule has 1 aliphatic carbocycles. The molecule has 0 heterocycles. The predicted molar refractivity (Wildman–Crippen MR) is 60.7 cm³/mol. The Balaban J connectivity index is 2.17. The number of alkyl halides is 1. The molecule has 0 nitrogen and oxygen atoms in total. The third-order valence-electron chi connectivity index (χ3n) is 2.66. The Morgan fingerprint density at radius 1 is 1.31 bits per heavy atom. The first kappa shape index (κ1) is 9.54. The Hall–Kier alpha value is -0.0100. The third kappa shape index (κ3) is 2.26. The molecule has 0 amide bonds. The van der Waals surface area contributed by atoms with Crippen LogP contribution in [-0.4, -0.2) is 5.33 Å². The van der Waals surface area contributed by atoms with Gasteiger partial charge in [0.2, 0.25) is 0 Å². The summed E-state index contributed by atoms with van der Waals surface area (Å²) in [5.74, 6) is 1.60. The van der Waals surface area contributed by atoms with Crippen molar-refractivity contribution in [3.05, 3.63) is 34.9 Å². The van der Waals surface area contributed by atoms with E-state index < -0.39 is 0 Å². The van der Waals surface area contributed by atoms with Crippen LogP contribution in [0.1, 0.15) is 24.3 Å². The van der Waals surface area contributed by atoms with Gasteiger partial charge in [0.1, 0.15) is 0 Å². The summed E-state index contributed by atoms with van der Waals surface area (Å²) in [5.41, 5.74) is 1.42. The molecule has 1 fully saturated rings. The van der Waals surface area contributed by atoms with Gasteiger partial charge >= 0.3 is 0 Å². The minimum atomic E-state index is 0.692. The van der Waals surface area contributed by atoms with E-state index in [0.717, 1.165) is 16.3 Å². The van der Waals surface area contributed by atoms with Crippen LogP contribution in [-0.2, 0) is 0 Å². The van der Waals surface area contributed by atoms with Crippen LogP contribution in [0.15, 0.2) is 24.3 Å². The van der Waals surface area contributed by atoms with Gasteiger partial charge in [0.05, 0.1) is 0 Å². The maximum Gasteiger partial charge on any atom is 0.0406 e. The van der Waals surface area contributed by atoms with Gasteiger partial charge in [-0.05, 0) is 42.4 Å². The molecular weight excluding hydrogens is 247 g/mol. The lowest BCUT2D eigenvalue weighted by atomic mass is 9.96. The fraction of sp³-hybridized carbons (Fsp3) is 0.455. The van der Waals surface area contributed by atoms with Gasteiger partial charge in [-0.25, -0.2) is 0 Å². The van der Waals surface area contributed by atoms with Gasteiger partial charge in [-0.1, -0.05) is 39.7 Å². The summed E-state index contributed by atoms with van der Waals surface area (Å²) < 4.78 is 0. The van der Waals surface area contributed by atoms with Crippen molar-refractivity contribution in [2.24, 2.45) is 5.92 Å². The molecular formula is C11H12BrCl. The van der Waals surface area contributed by atoms with Gasteiger partial charge in [0.25, 0.3) is 0 Å². The zero-order chi connectivity index (χ0) is 9.26. The minimum absolute atomic E-state index is 0.692. The highest BCUT2D eigenvalue weighted by atomic mass is 79.9. The van der Waals surface area contributed by atoms with E-state index in [1.165, 1.54) is 18.4 Å². The van der Waals surface area contributed by atoms with Gasteiger partial charge in [-0.15, -0.1) is 0 Å². The van der Waals surface area contributed by atoms with Crippen molar-refractivity contribution in [2.45, 2.75) is 18.8 Å². The number of rotatable bonds is 3. The number of hydrogen-bond acceptors (Lipinski definition) is 0. The molecule has 1 saturated carbocycles. The number of halogens is 2. The largest absolute Gasteiger partial charge is 0.0921 e. The molecule has 1 atom stereocenters. The standard InChI is InChI=1S/C11H12BrCl/c12-7-11(8-1-2-8)9-3-5-10(13)6-4-9/h3-6,8,11H,1-2,7H2. The number of hydrogen-bond donors (Lipinski definition) is 0. The maximum atomic E-state index is 5.84. The van der Waals surface area contributed by atoms with Crippen molar-refractivity contribution < 1.29 is 0 Å². The van der Waals surface area contributed by atoms with Crippen molar-refractivity contribution in [3.63, 3.8) is 0 Å². The predicted octanol–water partition coefficient (Wildman–Crippen LogP) is 4.23. The van der Waals surface area contributed by atoms with Crippen molar-refractivity contribution in [2.75, 3.05) is 5.33 Å². The first-order valence-corrected chi connectivity index (χ1v) is 6.12. The highest BCUT2D eigenvalue weighted by Crippen LogP contribution is 2.43. The fourth-order valence-corrected chi connectivity index (χ4v) is 2.72. The number of benzene rings is 1. The summed E-state index contributed by atoms with van der Waals surface area (Å²) in [5, 5.41) is 1.90. The van der Waals surface area contributed by atoms with Crippen molar-refractivity contribution in [3.8, 4) is 0 Å². The molecule has 0 radical (unpaired) electrons. The SMILES string of the molecule is Clc1ccc(C(CBr)C2CC2)cc1. The Kier molecular flexibility index (Phi) is 2.95. The van der Waals surface area contributed by atoms with Crippen LogP contribution in [0.25, 0.3) is 0 Å². The van der Waals surface area contributed by atoms with Gasteiger partial charge in [0.15, 0.2) is 0 Å². The molecule has 1 aromatic carbocycles. The smallest absolute Gasteiger partial charge is 0.0406 e. The first-order valence-electron chi connectivity index (χ1n) is 4.62. The Morgan fingerprint density at radius 2 is 1.92 bits per heavy atom. The quantitative estimate of drug-likeness (QED) is 0.713.